The van der Waals surface area contributed by atoms with E-state index in [-0.39, 0.29) is 6.61 Å². The Balaban J connectivity index is 1.87. The molecule has 92 valence electrons. The summed E-state index contributed by atoms with van der Waals surface area (Å²) in [6, 6.07) is 10.1. The van der Waals surface area contributed by atoms with Crippen molar-refractivity contribution < 1.29 is 5.11 Å². The van der Waals surface area contributed by atoms with E-state index in [1.165, 1.54) is 5.39 Å². The van der Waals surface area contributed by atoms with Crippen LogP contribution in [0.15, 0.2) is 48.9 Å². The first kappa shape index (κ1) is 11.0. The van der Waals surface area contributed by atoms with Crippen molar-refractivity contribution >= 4 is 10.9 Å². The van der Waals surface area contributed by atoms with E-state index in [4.69, 9.17) is 0 Å². The smallest absolute Gasteiger partial charge is 0.0682 e. The van der Waals surface area contributed by atoms with Gasteiger partial charge in [0, 0.05) is 30.7 Å². The monoisotopic (exact) mass is 241 g/mol. The molecule has 0 unspecified atom stereocenters. The number of hydrogen-bond donors (Lipinski definition) is 1. The predicted molar refractivity (Wildman–Crippen MR) is 70.1 cm³/mol. The molecule has 0 saturated carbocycles. The number of aryl methyl sites for hydroxylation is 2. The Hall–Kier alpha value is -2.07. The third-order valence-corrected chi connectivity index (χ3v) is 3.15. The van der Waals surface area contributed by atoms with Crippen molar-refractivity contribution in [3.8, 4) is 0 Å². The summed E-state index contributed by atoms with van der Waals surface area (Å²) in [5.74, 6) is 0. The maximum absolute atomic E-state index is 9.18. The number of fused-ring (bicyclic) bond motifs is 1. The van der Waals surface area contributed by atoms with Crippen molar-refractivity contribution in [2.45, 2.75) is 19.7 Å². The van der Waals surface area contributed by atoms with Crippen LogP contribution in [0.3, 0.4) is 0 Å². The molecule has 2 heterocycles. The average Bonchev–Trinajstić information content (AvgIpc) is 3.05. The number of aliphatic hydroxyl groups excluding tert-OH is 1. The molecule has 0 aliphatic rings. The minimum atomic E-state index is 0.0836. The molecule has 2 aromatic heterocycles. The molecule has 0 fully saturated rings. The minimum absolute atomic E-state index is 0.0836. The molecule has 4 heteroatoms. The standard InChI is InChI=1S/C14H15N3O/c18-11-12-2-3-13-4-7-16(14(13)10-12)8-9-17-6-1-5-15-17/h1-7,10,18H,8-9,11H2. The maximum atomic E-state index is 9.18. The third kappa shape index (κ3) is 2.02. The molecule has 0 spiro atoms. The molecule has 1 N–H and O–H groups in total. The summed E-state index contributed by atoms with van der Waals surface area (Å²) >= 11 is 0. The third-order valence-electron chi connectivity index (χ3n) is 3.15. The second-order valence-electron chi connectivity index (χ2n) is 4.33. The van der Waals surface area contributed by atoms with Gasteiger partial charge in [0.25, 0.3) is 0 Å². The fraction of sp³-hybridized carbons (Fsp3) is 0.214. The number of benzene rings is 1. The highest BCUT2D eigenvalue weighted by Gasteiger charge is 2.02. The maximum Gasteiger partial charge on any atom is 0.0682 e. The topological polar surface area (TPSA) is 43.0 Å². The molecule has 0 amide bonds. The van der Waals surface area contributed by atoms with E-state index < -0.39 is 0 Å². The summed E-state index contributed by atoms with van der Waals surface area (Å²) in [4.78, 5) is 0. The lowest BCUT2D eigenvalue weighted by Crippen LogP contribution is -2.06. The Morgan fingerprint density at radius 2 is 2.06 bits per heavy atom. The van der Waals surface area contributed by atoms with Gasteiger partial charge in [-0.25, -0.2) is 0 Å². The van der Waals surface area contributed by atoms with Crippen molar-refractivity contribution in [1.29, 1.82) is 0 Å². The average molecular weight is 241 g/mol. The Morgan fingerprint density at radius 1 is 1.11 bits per heavy atom. The van der Waals surface area contributed by atoms with Gasteiger partial charge in [0.1, 0.15) is 0 Å². The molecule has 0 radical (unpaired) electrons. The zero-order valence-corrected chi connectivity index (χ0v) is 10.0. The molecule has 4 nitrogen and oxygen atoms in total. The summed E-state index contributed by atoms with van der Waals surface area (Å²) in [6.07, 6.45) is 5.83. The van der Waals surface area contributed by atoms with Crippen LogP contribution in [0.2, 0.25) is 0 Å². The number of aliphatic hydroxyl groups is 1. The second kappa shape index (κ2) is 4.66. The van der Waals surface area contributed by atoms with Gasteiger partial charge in [0.15, 0.2) is 0 Å². The van der Waals surface area contributed by atoms with Gasteiger partial charge >= 0.3 is 0 Å². The number of aromatic nitrogens is 3. The second-order valence-corrected chi connectivity index (χ2v) is 4.33. The Bertz CT molecular complexity index is 640. The predicted octanol–water partition coefficient (Wildman–Crippen LogP) is 2.03. The number of nitrogens with zero attached hydrogens (tertiary/aromatic N) is 3. The van der Waals surface area contributed by atoms with E-state index in [1.807, 2.05) is 35.1 Å². The van der Waals surface area contributed by atoms with Crippen LogP contribution in [-0.4, -0.2) is 19.5 Å². The molecule has 0 bridgehead atoms. The van der Waals surface area contributed by atoms with Crippen LogP contribution >= 0.6 is 0 Å². The van der Waals surface area contributed by atoms with Gasteiger partial charge in [-0.05, 0) is 29.1 Å². The number of rotatable bonds is 4. The Kier molecular flexibility index (Phi) is 2.86. The molecule has 0 aliphatic heterocycles. The zero-order chi connectivity index (χ0) is 12.4. The molecule has 1 aromatic carbocycles. The van der Waals surface area contributed by atoms with Gasteiger partial charge in [0.05, 0.1) is 13.2 Å². The van der Waals surface area contributed by atoms with Crippen molar-refractivity contribution in [1.82, 2.24) is 14.3 Å². The molecule has 18 heavy (non-hydrogen) atoms. The molecular formula is C14H15N3O. The lowest BCUT2D eigenvalue weighted by atomic mass is 10.2. The Labute approximate surface area is 105 Å². The van der Waals surface area contributed by atoms with Crippen LogP contribution in [0.1, 0.15) is 5.56 Å². The summed E-state index contributed by atoms with van der Waals surface area (Å²) in [5, 5.41) is 14.6. The van der Waals surface area contributed by atoms with Gasteiger partial charge in [-0.3, -0.25) is 4.68 Å². The summed E-state index contributed by atoms with van der Waals surface area (Å²) in [6.45, 7) is 1.81. The van der Waals surface area contributed by atoms with Gasteiger partial charge in [-0.15, -0.1) is 0 Å². The van der Waals surface area contributed by atoms with Crippen molar-refractivity contribution in [2.75, 3.05) is 0 Å². The van der Waals surface area contributed by atoms with Gasteiger partial charge in [-0.2, -0.15) is 5.10 Å². The zero-order valence-electron chi connectivity index (χ0n) is 10.0. The van der Waals surface area contributed by atoms with Crippen molar-refractivity contribution in [2.24, 2.45) is 0 Å². The lowest BCUT2D eigenvalue weighted by molar-refractivity contribution is 0.282. The summed E-state index contributed by atoms with van der Waals surface area (Å²) in [5.41, 5.74) is 2.11. The van der Waals surface area contributed by atoms with Crippen molar-refractivity contribution in [3.63, 3.8) is 0 Å². The molecular weight excluding hydrogens is 226 g/mol. The minimum Gasteiger partial charge on any atom is -0.392 e. The first-order valence-corrected chi connectivity index (χ1v) is 6.03. The normalized spacial score (nSPS) is 11.2. The van der Waals surface area contributed by atoms with E-state index in [0.29, 0.717) is 0 Å². The van der Waals surface area contributed by atoms with Gasteiger partial charge in [0.2, 0.25) is 0 Å². The van der Waals surface area contributed by atoms with Crippen LogP contribution in [0.5, 0.6) is 0 Å². The first-order chi connectivity index (χ1) is 8.86. The number of hydrogen-bond acceptors (Lipinski definition) is 2. The van der Waals surface area contributed by atoms with E-state index >= 15 is 0 Å². The molecule has 3 aromatic rings. The van der Waals surface area contributed by atoms with E-state index in [1.54, 1.807) is 6.20 Å². The van der Waals surface area contributed by atoms with Crippen molar-refractivity contribution in [3.05, 3.63) is 54.5 Å². The molecule has 0 aliphatic carbocycles. The van der Waals surface area contributed by atoms with Gasteiger partial charge < -0.3 is 9.67 Å². The van der Waals surface area contributed by atoms with E-state index in [9.17, 15) is 5.11 Å². The SMILES string of the molecule is OCc1ccc2ccn(CCn3cccn3)c2c1. The quantitative estimate of drug-likeness (QED) is 0.759. The van der Waals surface area contributed by atoms with E-state index in [2.05, 4.69) is 21.9 Å². The molecule has 0 saturated heterocycles. The summed E-state index contributed by atoms with van der Waals surface area (Å²) in [7, 11) is 0. The van der Waals surface area contributed by atoms with Gasteiger partial charge in [-0.1, -0.05) is 12.1 Å². The van der Waals surface area contributed by atoms with Crippen LogP contribution in [-0.2, 0) is 19.7 Å². The highest BCUT2D eigenvalue weighted by atomic mass is 16.3. The van der Waals surface area contributed by atoms with Crippen LogP contribution in [0.25, 0.3) is 10.9 Å². The van der Waals surface area contributed by atoms with Crippen LogP contribution in [0, 0.1) is 0 Å². The van der Waals surface area contributed by atoms with Crippen LogP contribution in [0.4, 0.5) is 0 Å². The summed E-state index contributed by atoms with van der Waals surface area (Å²) < 4.78 is 4.11. The lowest BCUT2D eigenvalue weighted by Gasteiger charge is -2.06. The Morgan fingerprint density at radius 3 is 2.83 bits per heavy atom. The fourth-order valence-electron chi connectivity index (χ4n) is 2.17. The highest BCUT2D eigenvalue weighted by Crippen LogP contribution is 2.17. The fourth-order valence-corrected chi connectivity index (χ4v) is 2.17. The molecule has 0 atom stereocenters. The highest BCUT2D eigenvalue weighted by molar-refractivity contribution is 5.80. The van der Waals surface area contributed by atoms with Crippen LogP contribution < -0.4 is 0 Å². The first-order valence-electron chi connectivity index (χ1n) is 6.03. The largest absolute Gasteiger partial charge is 0.392 e. The molecule has 3 rings (SSSR count). The van der Waals surface area contributed by atoms with E-state index in [0.717, 1.165) is 24.2 Å².